The predicted molar refractivity (Wildman–Crippen MR) is 127 cm³/mol. The molecule has 2 heterocycles. The van der Waals surface area contributed by atoms with Gasteiger partial charge >= 0.3 is 0 Å². The number of allylic oxidation sites excluding steroid dienone is 1. The van der Waals surface area contributed by atoms with Crippen molar-refractivity contribution in [3.63, 3.8) is 0 Å². The largest absolute Gasteiger partial charge is 0.350 e. The SMILES string of the molecule is Cc1ccc([C@H]2C=C(c3ccccc3)N(CC(=O)NCc3ccc(F)cc3)c3nnnn32)cc1. The Bertz CT molecular complexity index is 1320. The van der Waals surface area contributed by atoms with Gasteiger partial charge in [-0.05, 0) is 52.2 Å². The number of aromatic nitrogens is 4. The lowest BCUT2D eigenvalue weighted by Crippen LogP contribution is -2.39. The molecule has 0 aliphatic carbocycles. The minimum atomic E-state index is -0.309. The Hall–Kier alpha value is -4.33. The van der Waals surface area contributed by atoms with E-state index < -0.39 is 0 Å². The normalized spacial score (nSPS) is 14.9. The molecule has 0 bridgehead atoms. The summed E-state index contributed by atoms with van der Waals surface area (Å²) in [6.45, 7) is 2.38. The van der Waals surface area contributed by atoms with Gasteiger partial charge in [-0.2, -0.15) is 4.68 Å². The van der Waals surface area contributed by atoms with E-state index in [0.717, 1.165) is 22.4 Å². The molecule has 0 saturated carbocycles. The van der Waals surface area contributed by atoms with E-state index in [1.54, 1.807) is 16.8 Å². The Morgan fingerprint density at radius 1 is 1.00 bits per heavy atom. The number of tetrazole rings is 1. The summed E-state index contributed by atoms with van der Waals surface area (Å²) in [5.41, 5.74) is 4.85. The highest BCUT2D eigenvalue weighted by Gasteiger charge is 2.31. The molecule has 4 aromatic rings. The second-order valence-electron chi connectivity index (χ2n) is 8.19. The maximum absolute atomic E-state index is 13.2. The van der Waals surface area contributed by atoms with Crippen LogP contribution < -0.4 is 10.2 Å². The monoisotopic (exact) mass is 454 g/mol. The van der Waals surface area contributed by atoms with Crippen LogP contribution in [0.4, 0.5) is 10.3 Å². The van der Waals surface area contributed by atoms with Gasteiger partial charge in [0.05, 0.1) is 5.70 Å². The van der Waals surface area contributed by atoms with Crippen LogP contribution in [0.1, 0.15) is 28.3 Å². The van der Waals surface area contributed by atoms with Crippen molar-refractivity contribution in [2.45, 2.75) is 19.5 Å². The molecule has 0 fully saturated rings. The predicted octanol–water partition coefficient (Wildman–Crippen LogP) is 3.89. The van der Waals surface area contributed by atoms with Gasteiger partial charge in [0.15, 0.2) is 0 Å². The molecule has 1 aromatic heterocycles. The molecular formula is C26H23FN6O. The van der Waals surface area contributed by atoms with Crippen molar-refractivity contribution in [2.24, 2.45) is 0 Å². The van der Waals surface area contributed by atoms with E-state index in [1.165, 1.54) is 17.7 Å². The fourth-order valence-corrected chi connectivity index (χ4v) is 3.98. The number of amides is 1. The van der Waals surface area contributed by atoms with Gasteiger partial charge in [0, 0.05) is 6.54 Å². The van der Waals surface area contributed by atoms with Crippen LogP contribution in [0, 0.1) is 12.7 Å². The van der Waals surface area contributed by atoms with Crippen LogP contribution in [0.5, 0.6) is 0 Å². The molecule has 1 atom stereocenters. The number of nitrogens with one attached hydrogen (secondary N) is 1. The maximum atomic E-state index is 13.2. The molecule has 7 nitrogen and oxygen atoms in total. The van der Waals surface area contributed by atoms with Crippen LogP contribution in [0.2, 0.25) is 0 Å². The molecule has 3 aromatic carbocycles. The van der Waals surface area contributed by atoms with Crippen molar-refractivity contribution >= 4 is 17.6 Å². The third kappa shape index (κ3) is 4.43. The molecule has 170 valence electrons. The van der Waals surface area contributed by atoms with Crippen LogP contribution in [-0.4, -0.2) is 32.7 Å². The Balaban J connectivity index is 1.45. The molecular weight excluding hydrogens is 431 g/mol. The fourth-order valence-electron chi connectivity index (χ4n) is 3.98. The highest BCUT2D eigenvalue weighted by Crippen LogP contribution is 2.36. The van der Waals surface area contributed by atoms with Crippen LogP contribution in [-0.2, 0) is 11.3 Å². The molecule has 1 N–H and O–H groups in total. The first-order valence-corrected chi connectivity index (χ1v) is 11.0. The number of rotatable bonds is 6. The van der Waals surface area contributed by atoms with Gasteiger partial charge in [0.2, 0.25) is 5.91 Å². The van der Waals surface area contributed by atoms with Gasteiger partial charge in [-0.1, -0.05) is 77.4 Å². The summed E-state index contributed by atoms with van der Waals surface area (Å²) in [6, 6.07) is 24.0. The van der Waals surface area contributed by atoms with Crippen molar-refractivity contribution < 1.29 is 9.18 Å². The van der Waals surface area contributed by atoms with Gasteiger partial charge in [-0.15, -0.1) is 0 Å². The molecule has 34 heavy (non-hydrogen) atoms. The molecule has 8 heteroatoms. The van der Waals surface area contributed by atoms with Gasteiger partial charge in [0.25, 0.3) is 5.95 Å². The Morgan fingerprint density at radius 2 is 1.74 bits per heavy atom. The first-order valence-electron chi connectivity index (χ1n) is 11.0. The van der Waals surface area contributed by atoms with Gasteiger partial charge in [-0.25, -0.2) is 4.39 Å². The zero-order chi connectivity index (χ0) is 23.5. The third-order valence-corrected chi connectivity index (χ3v) is 5.78. The lowest BCUT2D eigenvalue weighted by Gasteiger charge is -2.32. The molecule has 0 radical (unpaired) electrons. The van der Waals surface area contributed by atoms with E-state index >= 15 is 0 Å². The first-order chi connectivity index (χ1) is 16.6. The number of carbonyl (C=O) groups is 1. The third-order valence-electron chi connectivity index (χ3n) is 5.78. The summed E-state index contributed by atoms with van der Waals surface area (Å²) in [4.78, 5) is 14.7. The number of aryl methyl sites for hydroxylation is 1. The average molecular weight is 455 g/mol. The Labute approximate surface area is 196 Å². The summed E-state index contributed by atoms with van der Waals surface area (Å²) >= 11 is 0. The summed E-state index contributed by atoms with van der Waals surface area (Å²) in [7, 11) is 0. The minimum Gasteiger partial charge on any atom is -0.350 e. The quantitative estimate of drug-likeness (QED) is 0.478. The van der Waals surface area contributed by atoms with Crippen LogP contribution in [0.15, 0.2) is 84.9 Å². The van der Waals surface area contributed by atoms with E-state index in [-0.39, 0.29) is 24.3 Å². The number of anilines is 1. The Kier molecular flexibility index (Phi) is 5.86. The smallest absolute Gasteiger partial charge is 0.251 e. The number of carbonyl (C=O) groups excluding carboxylic acids is 1. The lowest BCUT2D eigenvalue weighted by molar-refractivity contribution is -0.119. The van der Waals surface area contributed by atoms with E-state index in [1.807, 2.05) is 42.2 Å². The number of hydrogen-bond donors (Lipinski definition) is 1. The molecule has 1 amide bonds. The van der Waals surface area contributed by atoms with Gasteiger partial charge in [-0.3, -0.25) is 9.69 Å². The summed E-state index contributed by atoms with van der Waals surface area (Å²) in [5, 5.41) is 15.3. The van der Waals surface area contributed by atoms with Crippen molar-refractivity contribution in [3.05, 3.63) is 113 Å². The molecule has 0 unspecified atom stereocenters. The summed E-state index contributed by atoms with van der Waals surface area (Å²) in [6.07, 6.45) is 2.08. The highest BCUT2D eigenvalue weighted by molar-refractivity contribution is 5.89. The second-order valence-corrected chi connectivity index (χ2v) is 8.19. The molecule has 5 rings (SSSR count). The molecule has 1 aliphatic rings. The minimum absolute atomic E-state index is 0.0307. The zero-order valence-corrected chi connectivity index (χ0v) is 18.6. The number of hydrogen-bond acceptors (Lipinski definition) is 5. The summed E-state index contributed by atoms with van der Waals surface area (Å²) < 4.78 is 14.9. The molecule has 0 saturated heterocycles. The highest BCUT2D eigenvalue weighted by atomic mass is 19.1. The van der Waals surface area contributed by atoms with Crippen molar-refractivity contribution in [1.29, 1.82) is 0 Å². The van der Waals surface area contributed by atoms with Gasteiger partial charge in [0.1, 0.15) is 18.4 Å². The number of benzene rings is 3. The van der Waals surface area contributed by atoms with Crippen molar-refractivity contribution in [2.75, 3.05) is 11.4 Å². The standard InChI is InChI=1S/C26H23FN6O/c1-18-7-11-21(12-8-18)24-15-23(20-5-3-2-4-6-20)32(26-29-30-31-33(24)26)17-25(34)28-16-19-9-13-22(27)14-10-19/h2-15,24H,16-17H2,1H3,(H,28,34)/t24-/m1/s1. The number of halogens is 1. The van der Waals surface area contributed by atoms with E-state index in [2.05, 4.69) is 51.2 Å². The lowest BCUT2D eigenvalue weighted by atomic mass is 10.00. The van der Waals surface area contributed by atoms with E-state index in [4.69, 9.17) is 0 Å². The topological polar surface area (TPSA) is 75.9 Å². The summed E-state index contributed by atoms with van der Waals surface area (Å²) in [5.74, 6) is -0.0191. The van der Waals surface area contributed by atoms with E-state index in [0.29, 0.717) is 12.5 Å². The van der Waals surface area contributed by atoms with Gasteiger partial charge < -0.3 is 5.32 Å². The Morgan fingerprint density at radius 3 is 2.47 bits per heavy atom. The van der Waals surface area contributed by atoms with Crippen molar-refractivity contribution in [3.8, 4) is 0 Å². The van der Waals surface area contributed by atoms with Crippen LogP contribution >= 0.6 is 0 Å². The molecule has 1 aliphatic heterocycles. The van der Waals surface area contributed by atoms with Crippen LogP contribution in [0.3, 0.4) is 0 Å². The zero-order valence-electron chi connectivity index (χ0n) is 18.6. The molecule has 0 spiro atoms. The second kappa shape index (κ2) is 9.27. The maximum Gasteiger partial charge on any atom is 0.251 e. The number of nitrogens with zero attached hydrogens (tertiary/aromatic N) is 5. The first kappa shape index (κ1) is 21.5. The van der Waals surface area contributed by atoms with E-state index in [9.17, 15) is 9.18 Å². The average Bonchev–Trinajstić information content (AvgIpc) is 3.35. The van der Waals surface area contributed by atoms with Crippen LogP contribution in [0.25, 0.3) is 5.70 Å². The number of fused-ring (bicyclic) bond motifs is 1. The fraction of sp³-hybridized carbons (Fsp3) is 0.154. The van der Waals surface area contributed by atoms with Crippen molar-refractivity contribution in [1.82, 2.24) is 25.5 Å².